The molecule has 0 saturated heterocycles. The summed E-state index contributed by atoms with van der Waals surface area (Å²) in [4.78, 5) is 0. The van der Waals surface area contributed by atoms with Gasteiger partial charge in [0, 0.05) is 16.9 Å². The van der Waals surface area contributed by atoms with Crippen molar-refractivity contribution in [1.82, 2.24) is 0 Å². The molecule has 2 aromatic carbocycles. The Balaban J connectivity index is 1.67. The molecule has 34 heavy (non-hydrogen) atoms. The van der Waals surface area contributed by atoms with Gasteiger partial charge in [0.2, 0.25) is 0 Å². The maximum atomic E-state index is 15.2. The highest BCUT2D eigenvalue weighted by Gasteiger charge is 2.50. The van der Waals surface area contributed by atoms with Crippen LogP contribution in [0.4, 0.5) is 17.6 Å². The molecule has 3 rings (SSSR count). The molecular formula is C26H35F4O2Si2. The Morgan fingerprint density at radius 2 is 1.35 bits per heavy atom. The average molecular weight is 512 g/mol. The van der Waals surface area contributed by atoms with Crippen molar-refractivity contribution in [2.75, 3.05) is 13.2 Å². The van der Waals surface area contributed by atoms with E-state index in [1.165, 1.54) is 36.0 Å². The molecule has 0 fully saturated rings. The topological polar surface area (TPSA) is 18.5 Å². The van der Waals surface area contributed by atoms with E-state index in [9.17, 15) is 4.39 Å². The van der Waals surface area contributed by atoms with Crippen molar-refractivity contribution in [3.8, 4) is 22.6 Å². The summed E-state index contributed by atoms with van der Waals surface area (Å²) in [5, 5.41) is 0. The first-order chi connectivity index (χ1) is 16.0. The summed E-state index contributed by atoms with van der Waals surface area (Å²) < 4.78 is 71.4. The third-order valence-electron chi connectivity index (χ3n) is 6.18. The molecule has 1 radical (unpaired) electrons. The van der Waals surface area contributed by atoms with Crippen LogP contribution in [-0.2, 0) is 5.92 Å². The second kappa shape index (κ2) is 10.9. The SMILES string of the molecule is CCCOc1ccc2c(c1F)C(F)(F)c1c-2ccc(OCCCCC[Si](C)(C)C[Si](C)C)c1F. The molecule has 0 N–H and O–H groups in total. The molecule has 0 atom stereocenters. The maximum absolute atomic E-state index is 15.2. The van der Waals surface area contributed by atoms with E-state index < -0.39 is 36.8 Å². The number of hydrogen-bond donors (Lipinski definition) is 0. The van der Waals surface area contributed by atoms with Crippen LogP contribution < -0.4 is 9.47 Å². The lowest BCUT2D eigenvalue weighted by Crippen LogP contribution is -2.30. The van der Waals surface area contributed by atoms with Crippen molar-refractivity contribution < 1.29 is 27.0 Å². The summed E-state index contributed by atoms with van der Waals surface area (Å²) in [7, 11) is -1.37. The standard InChI is InChI=1S/C26H35F4O2Si2/c1-6-14-31-20-12-10-18-19-11-13-21(25(28)23(19)26(29,30)22(18)24(20)27)32-15-8-7-9-16-34(4,5)17-33(2)3/h10-13H,6-9,14-17H2,1-5H3. The normalized spacial score (nSPS) is 14.3. The van der Waals surface area contributed by atoms with Crippen LogP contribution in [0.25, 0.3) is 11.1 Å². The molecule has 0 spiro atoms. The molecule has 0 aliphatic heterocycles. The molecule has 187 valence electrons. The number of rotatable bonds is 12. The Morgan fingerprint density at radius 3 is 1.85 bits per heavy atom. The van der Waals surface area contributed by atoms with Crippen LogP contribution in [0.2, 0.25) is 37.9 Å². The lowest BCUT2D eigenvalue weighted by molar-refractivity contribution is 0.0392. The Labute approximate surface area is 203 Å². The molecule has 1 aliphatic carbocycles. The summed E-state index contributed by atoms with van der Waals surface area (Å²) in [5.41, 5.74) is -0.274. The van der Waals surface area contributed by atoms with Gasteiger partial charge in [0.05, 0.1) is 24.3 Å². The van der Waals surface area contributed by atoms with Gasteiger partial charge in [-0.15, -0.1) is 0 Å². The van der Waals surface area contributed by atoms with Crippen molar-refractivity contribution >= 4 is 16.9 Å². The molecule has 0 bridgehead atoms. The van der Waals surface area contributed by atoms with E-state index in [2.05, 4.69) is 26.2 Å². The van der Waals surface area contributed by atoms with Crippen molar-refractivity contribution in [1.29, 1.82) is 0 Å². The summed E-state index contributed by atoms with van der Waals surface area (Å²) in [6.07, 6.45) is 3.42. The zero-order chi connectivity index (χ0) is 25.1. The molecule has 2 aromatic rings. The van der Waals surface area contributed by atoms with Gasteiger partial charge in [-0.3, -0.25) is 0 Å². The molecule has 1 aliphatic rings. The molecule has 0 amide bonds. The zero-order valence-electron chi connectivity index (χ0n) is 20.8. The number of benzene rings is 2. The minimum Gasteiger partial charge on any atom is -0.491 e. The summed E-state index contributed by atoms with van der Waals surface area (Å²) >= 11 is 0. The van der Waals surface area contributed by atoms with E-state index in [1.54, 1.807) is 0 Å². The van der Waals surface area contributed by atoms with Gasteiger partial charge >= 0.3 is 5.92 Å². The highest BCUT2D eigenvalue weighted by Crippen LogP contribution is 2.55. The summed E-state index contributed by atoms with van der Waals surface area (Å²) in [6.45, 7) is 11.9. The predicted molar refractivity (Wildman–Crippen MR) is 134 cm³/mol. The smallest absolute Gasteiger partial charge is 0.305 e. The van der Waals surface area contributed by atoms with E-state index in [4.69, 9.17) is 9.47 Å². The van der Waals surface area contributed by atoms with Gasteiger partial charge < -0.3 is 9.47 Å². The van der Waals surface area contributed by atoms with Gasteiger partial charge in [-0.25, -0.2) is 8.78 Å². The quantitative estimate of drug-likeness (QED) is 0.162. The number of hydrogen-bond acceptors (Lipinski definition) is 2. The van der Waals surface area contributed by atoms with Gasteiger partial charge in [0.15, 0.2) is 23.1 Å². The third-order valence-corrected chi connectivity index (χ3v) is 14.5. The third kappa shape index (κ3) is 5.70. The minimum absolute atomic E-state index is 0.00858. The van der Waals surface area contributed by atoms with Gasteiger partial charge in [0.25, 0.3) is 0 Å². The van der Waals surface area contributed by atoms with Crippen molar-refractivity contribution in [2.24, 2.45) is 0 Å². The highest BCUT2D eigenvalue weighted by atomic mass is 28.4. The fraction of sp³-hybridized carbons (Fsp3) is 0.538. The van der Waals surface area contributed by atoms with Crippen LogP contribution in [0.3, 0.4) is 0 Å². The summed E-state index contributed by atoms with van der Waals surface area (Å²) in [6, 6.07) is 6.71. The van der Waals surface area contributed by atoms with Crippen LogP contribution in [0.1, 0.15) is 43.7 Å². The van der Waals surface area contributed by atoms with E-state index in [1.807, 2.05) is 6.92 Å². The molecular weight excluding hydrogens is 476 g/mol. The van der Waals surface area contributed by atoms with Crippen LogP contribution in [0.5, 0.6) is 11.5 Å². The maximum Gasteiger partial charge on any atom is 0.305 e. The van der Waals surface area contributed by atoms with Crippen LogP contribution >= 0.6 is 0 Å². The zero-order valence-corrected chi connectivity index (χ0v) is 22.8. The monoisotopic (exact) mass is 511 g/mol. The fourth-order valence-corrected chi connectivity index (χ4v) is 14.4. The minimum atomic E-state index is -3.81. The van der Waals surface area contributed by atoms with Gasteiger partial charge in [-0.05, 0) is 48.2 Å². The van der Waals surface area contributed by atoms with Crippen LogP contribution in [0, 0.1) is 11.6 Å². The molecule has 0 unspecified atom stereocenters. The highest BCUT2D eigenvalue weighted by molar-refractivity contribution is 6.87. The predicted octanol–water partition coefficient (Wildman–Crippen LogP) is 8.43. The Morgan fingerprint density at radius 1 is 0.824 bits per heavy atom. The molecule has 0 aromatic heterocycles. The summed E-state index contributed by atoms with van der Waals surface area (Å²) in [5.74, 6) is -6.53. The van der Waals surface area contributed by atoms with Gasteiger partial charge in [-0.2, -0.15) is 8.78 Å². The molecule has 0 saturated carbocycles. The Kier molecular flexibility index (Phi) is 8.55. The van der Waals surface area contributed by atoms with E-state index in [0.29, 0.717) is 6.42 Å². The van der Waals surface area contributed by atoms with E-state index >= 15 is 13.2 Å². The first kappa shape index (κ1) is 26.8. The Hall–Kier alpha value is -1.81. The lowest BCUT2D eigenvalue weighted by Gasteiger charge is -2.23. The second-order valence-electron chi connectivity index (χ2n) is 10.2. The largest absolute Gasteiger partial charge is 0.491 e. The van der Waals surface area contributed by atoms with E-state index in [0.717, 1.165) is 19.3 Å². The Bertz CT molecular complexity index is 1010. The number of unbranched alkanes of at least 4 members (excludes halogenated alkanes) is 2. The molecule has 8 heteroatoms. The number of ether oxygens (including phenoxy) is 2. The fourth-order valence-electron chi connectivity index (χ4n) is 4.85. The van der Waals surface area contributed by atoms with Crippen molar-refractivity contribution in [3.05, 3.63) is 47.0 Å². The van der Waals surface area contributed by atoms with Gasteiger partial charge in [-0.1, -0.05) is 57.7 Å². The van der Waals surface area contributed by atoms with Crippen molar-refractivity contribution in [3.63, 3.8) is 0 Å². The number of halogens is 4. The number of fused-ring (bicyclic) bond motifs is 3. The first-order valence-electron chi connectivity index (χ1n) is 12.1. The number of alkyl halides is 2. The lowest BCUT2D eigenvalue weighted by atomic mass is 10.0. The van der Waals surface area contributed by atoms with Crippen LogP contribution in [-0.4, -0.2) is 30.1 Å². The van der Waals surface area contributed by atoms with E-state index in [-0.39, 0.29) is 44.6 Å². The second-order valence-corrected chi connectivity index (χ2v) is 18.9. The van der Waals surface area contributed by atoms with Gasteiger partial charge in [0.1, 0.15) is 0 Å². The van der Waals surface area contributed by atoms with Crippen molar-refractivity contribution in [2.45, 2.75) is 76.4 Å². The molecule has 2 nitrogen and oxygen atoms in total. The first-order valence-corrected chi connectivity index (χ1v) is 18.2. The average Bonchev–Trinajstić information content (AvgIpc) is 2.98. The van der Waals surface area contributed by atoms with Crippen LogP contribution in [0.15, 0.2) is 24.3 Å². The molecule has 0 heterocycles.